The maximum Gasteiger partial charge on any atom is 0.139 e. The molecule has 1 N–H and O–H groups in total. The maximum absolute atomic E-state index is 6.02. The Morgan fingerprint density at radius 1 is 1.16 bits per heavy atom. The number of thiophene rings is 1. The zero-order valence-corrected chi connectivity index (χ0v) is 12.7. The van der Waals surface area contributed by atoms with Crippen LogP contribution in [0.25, 0.3) is 0 Å². The Morgan fingerprint density at radius 3 is 2.84 bits per heavy atom. The van der Waals surface area contributed by atoms with Crippen LogP contribution in [0.4, 0.5) is 0 Å². The fraction of sp³-hybridized carbons (Fsp3) is 0.286. The van der Waals surface area contributed by atoms with E-state index in [0.717, 1.165) is 19.5 Å². The van der Waals surface area contributed by atoms with Crippen LogP contribution in [0.2, 0.25) is 10.0 Å². The van der Waals surface area contributed by atoms with E-state index in [0.29, 0.717) is 22.4 Å². The molecule has 0 aliphatic carbocycles. The van der Waals surface area contributed by atoms with Crippen LogP contribution >= 0.6 is 34.5 Å². The Balaban J connectivity index is 1.63. The molecule has 2 rings (SSSR count). The van der Waals surface area contributed by atoms with Crippen LogP contribution in [0.3, 0.4) is 0 Å². The molecule has 2 nitrogen and oxygen atoms in total. The zero-order chi connectivity index (χ0) is 13.5. The molecule has 1 aromatic carbocycles. The molecule has 0 amide bonds. The topological polar surface area (TPSA) is 21.3 Å². The largest absolute Gasteiger partial charge is 0.491 e. The van der Waals surface area contributed by atoms with E-state index in [9.17, 15) is 0 Å². The minimum atomic E-state index is 0.474. The highest BCUT2D eigenvalue weighted by molar-refractivity contribution is 7.07. The van der Waals surface area contributed by atoms with Gasteiger partial charge in [0.05, 0.1) is 5.02 Å². The lowest BCUT2D eigenvalue weighted by Crippen LogP contribution is -2.23. The average molecular weight is 316 g/mol. The summed E-state index contributed by atoms with van der Waals surface area (Å²) < 4.78 is 5.58. The molecule has 2 aromatic rings. The predicted octanol–water partition coefficient (Wildman–Crippen LogP) is 4.27. The van der Waals surface area contributed by atoms with Gasteiger partial charge in [0, 0.05) is 6.54 Å². The number of halogens is 2. The van der Waals surface area contributed by atoms with Gasteiger partial charge < -0.3 is 10.1 Å². The van der Waals surface area contributed by atoms with Crippen molar-refractivity contribution in [3.8, 4) is 5.75 Å². The summed E-state index contributed by atoms with van der Waals surface area (Å²) in [4.78, 5) is 0. The number of hydrogen-bond donors (Lipinski definition) is 1. The van der Waals surface area contributed by atoms with Gasteiger partial charge in [0.25, 0.3) is 0 Å². The van der Waals surface area contributed by atoms with Crippen LogP contribution in [0.5, 0.6) is 5.75 Å². The Hall–Kier alpha value is -0.740. The van der Waals surface area contributed by atoms with Crippen molar-refractivity contribution in [3.63, 3.8) is 0 Å². The van der Waals surface area contributed by atoms with Crippen LogP contribution in [0.15, 0.2) is 35.0 Å². The summed E-state index contributed by atoms with van der Waals surface area (Å²) in [5.41, 5.74) is 1.37. The van der Waals surface area contributed by atoms with Crippen LogP contribution in [-0.4, -0.2) is 19.7 Å². The molecular formula is C14H15Cl2NOS. The van der Waals surface area contributed by atoms with Crippen molar-refractivity contribution in [2.75, 3.05) is 19.7 Å². The molecule has 102 valence electrons. The standard InChI is InChI=1S/C14H15Cl2NOS/c15-12-2-1-3-13(14(12)16)18-8-7-17-6-4-11-5-9-19-10-11/h1-3,5,9-10,17H,4,6-8H2. The second kappa shape index (κ2) is 7.75. The van der Waals surface area contributed by atoms with E-state index < -0.39 is 0 Å². The molecule has 0 spiro atoms. The highest BCUT2D eigenvalue weighted by Gasteiger charge is 2.04. The summed E-state index contributed by atoms with van der Waals surface area (Å²) in [6, 6.07) is 7.54. The number of benzene rings is 1. The van der Waals surface area contributed by atoms with E-state index in [2.05, 4.69) is 22.1 Å². The molecule has 1 aromatic heterocycles. The fourth-order valence-corrected chi connectivity index (χ4v) is 2.67. The first kappa shape index (κ1) is 14.7. The predicted molar refractivity (Wildman–Crippen MR) is 82.8 cm³/mol. The molecule has 0 atom stereocenters. The molecule has 0 saturated heterocycles. The summed E-state index contributed by atoms with van der Waals surface area (Å²) in [5.74, 6) is 0.633. The molecule has 0 aliphatic rings. The van der Waals surface area contributed by atoms with Gasteiger partial charge in [-0.25, -0.2) is 0 Å². The van der Waals surface area contributed by atoms with Crippen molar-refractivity contribution >= 4 is 34.5 Å². The smallest absolute Gasteiger partial charge is 0.139 e. The molecular weight excluding hydrogens is 301 g/mol. The molecule has 19 heavy (non-hydrogen) atoms. The van der Waals surface area contributed by atoms with Gasteiger partial charge in [0.15, 0.2) is 0 Å². The van der Waals surface area contributed by atoms with Gasteiger partial charge in [-0.15, -0.1) is 0 Å². The first-order valence-corrected chi connectivity index (χ1v) is 7.76. The van der Waals surface area contributed by atoms with E-state index in [1.807, 2.05) is 12.1 Å². The summed E-state index contributed by atoms with van der Waals surface area (Å²) in [6.07, 6.45) is 1.04. The summed E-state index contributed by atoms with van der Waals surface area (Å²) in [5, 5.41) is 8.59. The first-order valence-electron chi connectivity index (χ1n) is 6.06. The number of hydrogen-bond acceptors (Lipinski definition) is 3. The Bertz CT molecular complexity index is 502. The lowest BCUT2D eigenvalue weighted by molar-refractivity contribution is 0.314. The van der Waals surface area contributed by atoms with Crippen LogP contribution in [0, 0.1) is 0 Å². The normalized spacial score (nSPS) is 10.6. The molecule has 0 bridgehead atoms. The third-order valence-corrected chi connectivity index (χ3v) is 4.16. The third-order valence-electron chi connectivity index (χ3n) is 2.62. The summed E-state index contributed by atoms with van der Waals surface area (Å²) in [6.45, 7) is 2.31. The van der Waals surface area contributed by atoms with Gasteiger partial charge >= 0.3 is 0 Å². The SMILES string of the molecule is Clc1cccc(OCCNCCc2ccsc2)c1Cl. The van der Waals surface area contributed by atoms with Crippen molar-refractivity contribution in [2.24, 2.45) is 0 Å². The van der Waals surface area contributed by atoms with Gasteiger partial charge in [-0.1, -0.05) is 29.3 Å². The van der Waals surface area contributed by atoms with Crippen molar-refractivity contribution in [1.29, 1.82) is 0 Å². The average Bonchev–Trinajstić information content (AvgIpc) is 2.91. The van der Waals surface area contributed by atoms with E-state index >= 15 is 0 Å². The fourth-order valence-electron chi connectivity index (χ4n) is 1.62. The van der Waals surface area contributed by atoms with Gasteiger partial charge in [0.2, 0.25) is 0 Å². The van der Waals surface area contributed by atoms with E-state index in [4.69, 9.17) is 27.9 Å². The van der Waals surface area contributed by atoms with E-state index in [1.54, 1.807) is 17.4 Å². The van der Waals surface area contributed by atoms with Gasteiger partial charge in [-0.05, 0) is 47.5 Å². The third kappa shape index (κ3) is 4.69. The lowest BCUT2D eigenvalue weighted by Gasteiger charge is -2.09. The monoisotopic (exact) mass is 315 g/mol. The molecule has 0 fully saturated rings. The minimum Gasteiger partial charge on any atom is -0.491 e. The van der Waals surface area contributed by atoms with Crippen LogP contribution in [0.1, 0.15) is 5.56 Å². The lowest BCUT2D eigenvalue weighted by atomic mass is 10.2. The Labute approximate surface area is 127 Å². The van der Waals surface area contributed by atoms with E-state index in [1.165, 1.54) is 5.56 Å². The van der Waals surface area contributed by atoms with Crippen molar-refractivity contribution < 1.29 is 4.74 Å². The first-order chi connectivity index (χ1) is 9.27. The molecule has 0 radical (unpaired) electrons. The second-order valence-corrected chi connectivity index (χ2v) is 5.60. The van der Waals surface area contributed by atoms with E-state index in [-0.39, 0.29) is 0 Å². The number of nitrogens with one attached hydrogen (secondary N) is 1. The molecule has 0 aliphatic heterocycles. The Kier molecular flexibility index (Phi) is 5.98. The van der Waals surface area contributed by atoms with Crippen molar-refractivity contribution in [2.45, 2.75) is 6.42 Å². The highest BCUT2D eigenvalue weighted by Crippen LogP contribution is 2.31. The Morgan fingerprint density at radius 2 is 2.05 bits per heavy atom. The number of rotatable bonds is 7. The molecule has 0 saturated carbocycles. The maximum atomic E-state index is 6.02. The molecule has 0 unspecified atom stereocenters. The van der Waals surface area contributed by atoms with Gasteiger partial charge in [-0.3, -0.25) is 0 Å². The van der Waals surface area contributed by atoms with Crippen LogP contribution < -0.4 is 10.1 Å². The summed E-state index contributed by atoms with van der Waals surface area (Å²) >= 11 is 13.7. The molecule has 1 heterocycles. The quantitative estimate of drug-likeness (QED) is 0.770. The summed E-state index contributed by atoms with van der Waals surface area (Å²) in [7, 11) is 0. The highest BCUT2D eigenvalue weighted by atomic mass is 35.5. The van der Waals surface area contributed by atoms with Crippen LogP contribution in [-0.2, 0) is 6.42 Å². The zero-order valence-electron chi connectivity index (χ0n) is 10.4. The number of ether oxygens (including phenoxy) is 1. The minimum absolute atomic E-state index is 0.474. The van der Waals surface area contributed by atoms with Gasteiger partial charge in [0.1, 0.15) is 17.4 Å². The van der Waals surface area contributed by atoms with Gasteiger partial charge in [-0.2, -0.15) is 11.3 Å². The molecule has 5 heteroatoms. The van der Waals surface area contributed by atoms with Crippen molar-refractivity contribution in [3.05, 3.63) is 50.6 Å². The van der Waals surface area contributed by atoms with Crippen molar-refractivity contribution in [1.82, 2.24) is 5.32 Å². The second-order valence-electron chi connectivity index (χ2n) is 4.03.